The number of alkyl halides is 2. The van der Waals surface area contributed by atoms with Gasteiger partial charge < -0.3 is 19.3 Å². The molecule has 0 spiro atoms. The molecule has 2 aromatic heterocycles. The van der Waals surface area contributed by atoms with Crippen LogP contribution in [0.25, 0.3) is 10.9 Å². The Morgan fingerprint density at radius 1 is 1.28 bits per heavy atom. The van der Waals surface area contributed by atoms with Crippen molar-refractivity contribution >= 4 is 16.6 Å². The summed E-state index contributed by atoms with van der Waals surface area (Å²) in [5, 5.41) is 11.6. The van der Waals surface area contributed by atoms with Crippen molar-refractivity contribution in [3.63, 3.8) is 0 Å². The van der Waals surface area contributed by atoms with Gasteiger partial charge in [0.1, 0.15) is 17.7 Å². The Morgan fingerprint density at radius 2 is 2.10 bits per heavy atom. The molecule has 3 heterocycles. The number of anilines is 1. The van der Waals surface area contributed by atoms with E-state index in [0.717, 1.165) is 41.7 Å². The summed E-state index contributed by atoms with van der Waals surface area (Å²) in [6, 6.07) is 6.79. The van der Waals surface area contributed by atoms with Gasteiger partial charge in [0.05, 0.1) is 5.52 Å². The van der Waals surface area contributed by atoms with E-state index in [1.54, 1.807) is 18.3 Å². The van der Waals surface area contributed by atoms with Crippen LogP contribution in [-0.2, 0) is 7.05 Å². The van der Waals surface area contributed by atoms with Gasteiger partial charge in [0, 0.05) is 55.2 Å². The van der Waals surface area contributed by atoms with E-state index in [-0.39, 0.29) is 11.7 Å². The zero-order chi connectivity index (χ0) is 20.5. The minimum atomic E-state index is -2.87. The molecule has 1 aromatic carbocycles. The molecule has 29 heavy (non-hydrogen) atoms. The van der Waals surface area contributed by atoms with Crippen molar-refractivity contribution in [2.24, 2.45) is 13.0 Å². The number of aliphatic hydroxyl groups is 1. The number of aromatic nitrogens is 3. The number of rotatable bonds is 5. The molecule has 1 N–H and O–H groups in total. The summed E-state index contributed by atoms with van der Waals surface area (Å²) in [7, 11) is 1.87. The fraction of sp³-hybridized carbons (Fsp3) is 0.429. The minimum Gasteiger partial charge on any atom is -0.435 e. The quantitative estimate of drug-likeness (QED) is 0.703. The number of benzene rings is 1. The molecule has 1 aliphatic rings. The molecule has 2 atom stereocenters. The lowest BCUT2D eigenvalue weighted by molar-refractivity contribution is -0.0497. The Hall–Kier alpha value is -2.74. The second kappa shape index (κ2) is 7.94. The molecule has 3 aromatic rings. The van der Waals surface area contributed by atoms with Crippen LogP contribution in [-0.4, -0.2) is 39.3 Å². The average molecular weight is 402 g/mol. The Bertz CT molecular complexity index is 1010. The smallest absolute Gasteiger partial charge is 0.387 e. The van der Waals surface area contributed by atoms with Crippen LogP contribution in [0, 0.1) is 12.8 Å². The van der Waals surface area contributed by atoms with Crippen molar-refractivity contribution in [1.82, 2.24) is 14.5 Å². The lowest BCUT2D eigenvalue weighted by Gasteiger charge is -2.37. The van der Waals surface area contributed by atoms with E-state index in [2.05, 4.69) is 19.6 Å². The molecule has 6 nitrogen and oxygen atoms in total. The van der Waals surface area contributed by atoms with E-state index >= 15 is 0 Å². The summed E-state index contributed by atoms with van der Waals surface area (Å²) in [6.45, 7) is 0.507. The number of fused-ring (bicyclic) bond motifs is 1. The molecule has 0 saturated carbocycles. The number of imidazole rings is 1. The largest absolute Gasteiger partial charge is 0.435 e. The van der Waals surface area contributed by atoms with E-state index in [0.29, 0.717) is 12.4 Å². The van der Waals surface area contributed by atoms with Gasteiger partial charge in [0.2, 0.25) is 0 Å². The number of hydrogen-bond acceptors (Lipinski definition) is 5. The molecule has 1 aliphatic heterocycles. The molecule has 0 radical (unpaired) electrons. The normalized spacial score (nSPS) is 18.4. The van der Waals surface area contributed by atoms with Gasteiger partial charge in [-0.2, -0.15) is 8.78 Å². The first-order valence-electron chi connectivity index (χ1n) is 9.69. The van der Waals surface area contributed by atoms with Crippen LogP contribution in [0.2, 0.25) is 0 Å². The second-order valence-corrected chi connectivity index (χ2v) is 7.53. The highest BCUT2D eigenvalue weighted by Crippen LogP contribution is 2.35. The average Bonchev–Trinajstić information content (AvgIpc) is 3.12. The summed E-state index contributed by atoms with van der Waals surface area (Å²) in [5.74, 6) is 0.787. The topological polar surface area (TPSA) is 63.4 Å². The van der Waals surface area contributed by atoms with Crippen LogP contribution >= 0.6 is 0 Å². The fourth-order valence-corrected chi connectivity index (χ4v) is 4.11. The molecule has 8 heteroatoms. The standard InChI is InChI=1S/C21H24F2N4O2/c1-13-10-18(16-11-15(29-21(22)23)5-6-17(16)25-13)27-8-3-4-14(12-27)19(28)20-24-7-9-26(20)2/h5-7,9-11,14,19,21,28H,3-4,8,12H2,1-2H3. The second-order valence-electron chi connectivity index (χ2n) is 7.53. The number of nitrogens with zero attached hydrogens (tertiary/aromatic N) is 4. The van der Waals surface area contributed by atoms with Crippen molar-refractivity contribution in [3.8, 4) is 5.75 Å². The maximum Gasteiger partial charge on any atom is 0.387 e. The lowest BCUT2D eigenvalue weighted by Crippen LogP contribution is -2.38. The number of aryl methyl sites for hydroxylation is 2. The van der Waals surface area contributed by atoms with Crippen molar-refractivity contribution in [2.45, 2.75) is 32.5 Å². The van der Waals surface area contributed by atoms with Gasteiger partial charge in [-0.3, -0.25) is 4.98 Å². The van der Waals surface area contributed by atoms with E-state index in [1.807, 2.05) is 30.8 Å². The van der Waals surface area contributed by atoms with Crippen LogP contribution < -0.4 is 9.64 Å². The third-order valence-electron chi connectivity index (χ3n) is 5.48. The zero-order valence-electron chi connectivity index (χ0n) is 16.4. The third-order valence-corrected chi connectivity index (χ3v) is 5.48. The predicted octanol–water partition coefficient (Wildman–Crippen LogP) is 3.83. The number of piperidine rings is 1. The van der Waals surface area contributed by atoms with Gasteiger partial charge in [-0.05, 0) is 44.0 Å². The van der Waals surface area contributed by atoms with Crippen LogP contribution in [0.3, 0.4) is 0 Å². The van der Waals surface area contributed by atoms with Gasteiger partial charge in [0.15, 0.2) is 0 Å². The Morgan fingerprint density at radius 3 is 2.83 bits per heavy atom. The first-order valence-corrected chi connectivity index (χ1v) is 9.69. The Kier molecular flexibility index (Phi) is 5.36. The summed E-state index contributed by atoms with van der Waals surface area (Å²) < 4.78 is 31.7. The zero-order valence-corrected chi connectivity index (χ0v) is 16.4. The number of pyridine rings is 1. The molecule has 0 aliphatic carbocycles. The monoisotopic (exact) mass is 402 g/mol. The fourth-order valence-electron chi connectivity index (χ4n) is 4.11. The molecule has 154 valence electrons. The maximum atomic E-state index is 12.7. The van der Waals surface area contributed by atoms with Crippen LogP contribution in [0.15, 0.2) is 36.7 Å². The van der Waals surface area contributed by atoms with Crippen LogP contribution in [0.4, 0.5) is 14.5 Å². The molecule has 1 saturated heterocycles. The molecule has 4 rings (SSSR count). The number of halogens is 2. The van der Waals surface area contributed by atoms with Crippen LogP contribution in [0.5, 0.6) is 5.75 Å². The highest BCUT2D eigenvalue weighted by molar-refractivity contribution is 5.93. The molecule has 1 fully saturated rings. The molecule has 0 bridgehead atoms. The predicted molar refractivity (Wildman–Crippen MR) is 106 cm³/mol. The van der Waals surface area contributed by atoms with Crippen LogP contribution in [0.1, 0.15) is 30.5 Å². The highest BCUT2D eigenvalue weighted by Gasteiger charge is 2.30. The first kappa shape index (κ1) is 19.6. The van der Waals surface area contributed by atoms with Crippen molar-refractivity contribution in [3.05, 3.63) is 48.2 Å². The molecular weight excluding hydrogens is 378 g/mol. The van der Waals surface area contributed by atoms with E-state index in [4.69, 9.17) is 0 Å². The first-order chi connectivity index (χ1) is 13.9. The van der Waals surface area contributed by atoms with Gasteiger partial charge in [-0.1, -0.05) is 0 Å². The maximum absolute atomic E-state index is 12.7. The number of ether oxygens (including phenoxy) is 1. The van der Waals surface area contributed by atoms with Crippen molar-refractivity contribution < 1.29 is 18.6 Å². The summed E-state index contributed by atoms with van der Waals surface area (Å²) in [4.78, 5) is 11.0. The SMILES string of the molecule is Cc1cc(N2CCCC(C(O)c3nccn3C)C2)c2cc(OC(F)F)ccc2n1. The molecule has 0 amide bonds. The minimum absolute atomic E-state index is 0.0221. The summed E-state index contributed by atoms with van der Waals surface area (Å²) in [6.07, 6.45) is 4.66. The van der Waals surface area contributed by atoms with E-state index in [1.165, 1.54) is 6.07 Å². The third kappa shape index (κ3) is 4.03. The summed E-state index contributed by atoms with van der Waals surface area (Å²) in [5.41, 5.74) is 2.50. The molecule has 2 unspecified atom stereocenters. The van der Waals surface area contributed by atoms with E-state index in [9.17, 15) is 13.9 Å². The van der Waals surface area contributed by atoms with Crippen molar-refractivity contribution in [2.75, 3.05) is 18.0 Å². The van der Waals surface area contributed by atoms with Gasteiger partial charge in [-0.15, -0.1) is 0 Å². The summed E-state index contributed by atoms with van der Waals surface area (Å²) >= 11 is 0. The number of aliphatic hydroxyl groups excluding tert-OH is 1. The number of hydrogen-bond donors (Lipinski definition) is 1. The van der Waals surface area contributed by atoms with E-state index < -0.39 is 12.7 Å². The lowest BCUT2D eigenvalue weighted by atomic mass is 9.91. The van der Waals surface area contributed by atoms with Gasteiger partial charge in [-0.25, -0.2) is 4.98 Å². The Balaban J connectivity index is 1.66. The van der Waals surface area contributed by atoms with Gasteiger partial charge >= 0.3 is 6.61 Å². The van der Waals surface area contributed by atoms with Crippen molar-refractivity contribution in [1.29, 1.82) is 0 Å². The van der Waals surface area contributed by atoms with Gasteiger partial charge in [0.25, 0.3) is 0 Å². The molecular formula is C21H24F2N4O2. The Labute approximate surface area is 167 Å². The highest BCUT2D eigenvalue weighted by atomic mass is 19.3.